The Kier molecular flexibility index (Phi) is 5.55. The van der Waals surface area contributed by atoms with Gasteiger partial charge in [0, 0.05) is 31.2 Å². The molecule has 2 nitrogen and oxygen atoms in total. The van der Waals surface area contributed by atoms with Crippen molar-refractivity contribution in [3.05, 3.63) is 35.6 Å². The maximum absolute atomic E-state index is 13.1. The van der Waals surface area contributed by atoms with E-state index in [9.17, 15) is 4.39 Å². The van der Waals surface area contributed by atoms with Crippen molar-refractivity contribution in [3.63, 3.8) is 0 Å². The van der Waals surface area contributed by atoms with Crippen LogP contribution in [0.3, 0.4) is 0 Å². The first-order valence-corrected chi connectivity index (χ1v) is 7.94. The smallest absolute Gasteiger partial charge is 0.123 e. The molecule has 1 fully saturated rings. The number of hydrogen-bond donors (Lipinski definition) is 1. The quantitative estimate of drug-likeness (QED) is 0.882. The number of benzene rings is 1. The molecule has 1 aromatic rings. The summed E-state index contributed by atoms with van der Waals surface area (Å²) in [6, 6.07) is 8.60. The Hall–Kier alpha value is -0.930. The van der Waals surface area contributed by atoms with Crippen molar-refractivity contribution < 1.29 is 4.39 Å². The Balaban J connectivity index is 2.20. The Morgan fingerprint density at radius 1 is 1.20 bits per heavy atom. The van der Waals surface area contributed by atoms with Crippen molar-refractivity contribution in [1.82, 2.24) is 10.2 Å². The van der Waals surface area contributed by atoms with Gasteiger partial charge in [-0.25, -0.2) is 4.39 Å². The lowest BCUT2D eigenvalue weighted by Gasteiger charge is -2.44. The van der Waals surface area contributed by atoms with E-state index in [-0.39, 0.29) is 5.82 Å². The maximum atomic E-state index is 13.1. The third-order valence-corrected chi connectivity index (χ3v) is 4.55. The summed E-state index contributed by atoms with van der Waals surface area (Å²) >= 11 is 0. The number of halogens is 1. The molecule has 1 N–H and O–H groups in total. The topological polar surface area (TPSA) is 15.3 Å². The third kappa shape index (κ3) is 3.39. The van der Waals surface area contributed by atoms with E-state index in [1.54, 1.807) is 12.1 Å². The standard InChI is InChI=1S/C17H27FN2/c1-4-15-12-20(16(5-2)11-19-15)17(6-3)13-7-9-14(18)10-8-13/h7-10,15-17,19H,4-6,11-12H2,1-3H3. The summed E-state index contributed by atoms with van der Waals surface area (Å²) in [5.74, 6) is -0.151. The second-order valence-electron chi connectivity index (χ2n) is 5.75. The van der Waals surface area contributed by atoms with Gasteiger partial charge in [-0.1, -0.05) is 32.9 Å². The van der Waals surface area contributed by atoms with Crippen LogP contribution in [-0.4, -0.2) is 30.1 Å². The SMILES string of the molecule is CCC1CN(C(CC)c2ccc(F)cc2)C(CC)CN1. The summed E-state index contributed by atoms with van der Waals surface area (Å²) in [5.41, 5.74) is 1.24. The first-order chi connectivity index (χ1) is 9.69. The summed E-state index contributed by atoms with van der Waals surface area (Å²) in [4.78, 5) is 2.62. The molecule has 1 aromatic carbocycles. The summed E-state index contributed by atoms with van der Waals surface area (Å²) in [6.45, 7) is 8.87. The number of nitrogens with zero attached hydrogens (tertiary/aromatic N) is 1. The van der Waals surface area contributed by atoms with E-state index in [4.69, 9.17) is 0 Å². The number of rotatable bonds is 5. The van der Waals surface area contributed by atoms with Crippen LogP contribution in [0, 0.1) is 5.82 Å². The average molecular weight is 278 g/mol. The van der Waals surface area contributed by atoms with E-state index in [0.717, 1.165) is 32.4 Å². The van der Waals surface area contributed by atoms with E-state index in [0.29, 0.717) is 18.1 Å². The van der Waals surface area contributed by atoms with Crippen molar-refractivity contribution >= 4 is 0 Å². The second-order valence-corrected chi connectivity index (χ2v) is 5.75. The summed E-state index contributed by atoms with van der Waals surface area (Å²) in [6.07, 6.45) is 3.38. The monoisotopic (exact) mass is 278 g/mol. The molecule has 0 saturated carbocycles. The Labute approximate surface area is 122 Å². The van der Waals surface area contributed by atoms with Gasteiger partial charge in [0.15, 0.2) is 0 Å². The highest BCUT2D eigenvalue weighted by Gasteiger charge is 2.31. The molecule has 112 valence electrons. The van der Waals surface area contributed by atoms with Crippen molar-refractivity contribution in [3.8, 4) is 0 Å². The average Bonchev–Trinajstić information content (AvgIpc) is 2.49. The molecule has 3 atom stereocenters. The van der Waals surface area contributed by atoms with E-state index in [1.807, 2.05) is 12.1 Å². The molecule has 1 aliphatic heterocycles. The van der Waals surface area contributed by atoms with Crippen LogP contribution in [0.25, 0.3) is 0 Å². The molecule has 1 aliphatic rings. The van der Waals surface area contributed by atoms with Gasteiger partial charge >= 0.3 is 0 Å². The number of piperazine rings is 1. The van der Waals surface area contributed by atoms with Crippen molar-refractivity contribution in [2.75, 3.05) is 13.1 Å². The van der Waals surface area contributed by atoms with Crippen LogP contribution in [0.4, 0.5) is 4.39 Å². The van der Waals surface area contributed by atoms with Gasteiger partial charge in [0.2, 0.25) is 0 Å². The van der Waals surface area contributed by atoms with Gasteiger partial charge in [0.1, 0.15) is 5.82 Å². The van der Waals surface area contributed by atoms with Crippen LogP contribution >= 0.6 is 0 Å². The first kappa shape index (κ1) is 15.5. The fourth-order valence-corrected chi connectivity index (χ4v) is 3.27. The minimum Gasteiger partial charge on any atom is -0.311 e. The van der Waals surface area contributed by atoms with Gasteiger partial charge in [-0.05, 0) is 37.0 Å². The van der Waals surface area contributed by atoms with Gasteiger partial charge in [-0.2, -0.15) is 0 Å². The lowest BCUT2D eigenvalue weighted by Crippen LogP contribution is -2.56. The van der Waals surface area contributed by atoms with Crippen LogP contribution in [0.15, 0.2) is 24.3 Å². The lowest BCUT2D eigenvalue weighted by atomic mass is 9.96. The molecule has 0 amide bonds. The van der Waals surface area contributed by atoms with Gasteiger partial charge < -0.3 is 5.32 Å². The fourth-order valence-electron chi connectivity index (χ4n) is 3.27. The van der Waals surface area contributed by atoms with Gasteiger partial charge in [-0.15, -0.1) is 0 Å². The molecule has 1 saturated heterocycles. The highest BCUT2D eigenvalue weighted by Crippen LogP contribution is 2.29. The van der Waals surface area contributed by atoms with Crippen LogP contribution in [-0.2, 0) is 0 Å². The highest BCUT2D eigenvalue weighted by atomic mass is 19.1. The molecule has 0 bridgehead atoms. The fraction of sp³-hybridized carbons (Fsp3) is 0.647. The summed E-state index contributed by atoms with van der Waals surface area (Å²) in [7, 11) is 0. The maximum Gasteiger partial charge on any atom is 0.123 e. The van der Waals surface area contributed by atoms with Crippen LogP contribution in [0.2, 0.25) is 0 Å². The van der Waals surface area contributed by atoms with Crippen LogP contribution < -0.4 is 5.32 Å². The van der Waals surface area contributed by atoms with Gasteiger partial charge in [0.05, 0.1) is 0 Å². The zero-order valence-corrected chi connectivity index (χ0v) is 12.9. The van der Waals surface area contributed by atoms with Crippen LogP contribution in [0.1, 0.15) is 51.6 Å². The van der Waals surface area contributed by atoms with Gasteiger partial charge in [0.25, 0.3) is 0 Å². The van der Waals surface area contributed by atoms with Crippen LogP contribution in [0.5, 0.6) is 0 Å². The first-order valence-electron chi connectivity index (χ1n) is 7.94. The minimum absolute atomic E-state index is 0.151. The van der Waals surface area contributed by atoms with Crippen molar-refractivity contribution in [1.29, 1.82) is 0 Å². The second kappa shape index (κ2) is 7.19. The van der Waals surface area contributed by atoms with E-state index in [1.165, 1.54) is 5.56 Å². The lowest BCUT2D eigenvalue weighted by molar-refractivity contribution is 0.0748. The van der Waals surface area contributed by atoms with E-state index in [2.05, 4.69) is 31.0 Å². The number of nitrogens with one attached hydrogen (secondary N) is 1. The highest BCUT2D eigenvalue weighted by molar-refractivity contribution is 5.20. The molecule has 3 unspecified atom stereocenters. The van der Waals surface area contributed by atoms with Crippen molar-refractivity contribution in [2.24, 2.45) is 0 Å². The summed E-state index contributed by atoms with van der Waals surface area (Å²) < 4.78 is 13.1. The predicted octanol–water partition coefficient (Wildman–Crippen LogP) is 3.74. The summed E-state index contributed by atoms with van der Waals surface area (Å²) in [5, 5.41) is 3.64. The Morgan fingerprint density at radius 3 is 2.45 bits per heavy atom. The normalized spacial score (nSPS) is 25.6. The number of hydrogen-bond acceptors (Lipinski definition) is 2. The third-order valence-electron chi connectivity index (χ3n) is 4.55. The molecular formula is C17H27FN2. The molecule has 1 heterocycles. The molecule has 0 radical (unpaired) electrons. The predicted molar refractivity (Wildman–Crippen MR) is 82.3 cm³/mol. The minimum atomic E-state index is -0.151. The molecule has 0 aliphatic carbocycles. The largest absolute Gasteiger partial charge is 0.311 e. The molecule has 3 heteroatoms. The molecule has 0 spiro atoms. The Bertz CT molecular complexity index is 404. The van der Waals surface area contributed by atoms with E-state index >= 15 is 0 Å². The van der Waals surface area contributed by atoms with Crippen molar-refractivity contribution in [2.45, 2.75) is 58.2 Å². The molecule has 2 rings (SSSR count). The zero-order valence-electron chi connectivity index (χ0n) is 12.9. The van der Waals surface area contributed by atoms with E-state index < -0.39 is 0 Å². The zero-order chi connectivity index (χ0) is 14.5. The van der Waals surface area contributed by atoms with Gasteiger partial charge in [-0.3, -0.25) is 4.90 Å². The molecular weight excluding hydrogens is 251 g/mol. The molecule has 0 aromatic heterocycles. The Morgan fingerprint density at radius 2 is 1.90 bits per heavy atom. The molecule has 20 heavy (non-hydrogen) atoms.